The number of hydrogen-bond donors (Lipinski definition) is 1. The lowest BCUT2D eigenvalue weighted by Crippen LogP contribution is -2.45. The lowest BCUT2D eigenvalue weighted by Gasteiger charge is -2.38. The van der Waals surface area contributed by atoms with Gasteiger partial charge in [-0.2, -0.15) is 0 Å². The highest BCUT2D eigenvalue weighted by molar-refractivity contribution is 5.67. The Morgan fingerprint density at radius 1 is 1.27 bits per heavy atom. The average Bonchev–Trinajstić information content (AvgIpc) is 3.01. The summed E-state index contributed by atoms with van der Waals surface area (Å²) >= 11 is 0. The molecule has 0 radical (unpaired) electrons. The first-order chi connectivity index (χ1) is 12.3. The van der Waals surface area contributed by atoms with Gasteiger partial charge in [0.2, 0.25) is 0 Å². The molecule has 2 aliphatic heterocycles. The molecule has 0 bridgehead atoms. The number of halogens is 1. The number of hydrogen-bond acceptors (Lipinski definition) is 5. The van der Waals surface area contributed by atoms with Gasteiger partial charge in [-0.3, -0.25) is 0 Å². The van der Waals surface area contributed by atoms with E-state index in [2.05, 4.69) is 5.32 Å². The van der Waals surface area contributed by atoms with Crippen molar-refractivity contribution in [3.63, 3.8) is 0 Å². The van der Waals surface area contributed by atoms with E-state index in [1.165, 1.54) is 6.07 Å². The number of benzene rings is 1. The van der Waals surface area contributed by atoms with Crippen molar-refractivity contribution in [2.75, 3.05) is 31.2 Å². The van der Waals surface area contributed by atoms with Crippen LogP contribution < -0.4 is 10.2 Å². The third-order valence-electron chi connectivity index (χ3n) is 4.53. The number of rotatable bonds is 3. The van der Waals surface area contributed by atoms with Gasteiger partial charge in [-0.25, -0.2) is 9.18 Å². The summed E-state index contributed by atoms with van der Waals surface area (Å²) in [6.45, 7) is 8.25. The molecule has 1 N–H and O–H groups in total. The van der Waals surface area contributed by atoms with Crippen LogP contribution in [0.2, 0.25) is 0 Å². The molecule has 1 aromatic carbocycles. The SMILES string of the molecule is CC(C)(C)OC(=O)NCc1ccc(N2CCC3(CC2)OCCO3)c(F)c1. The fourth-order valence-electron chi connectivity index (χ4n) is 3.28. The first-order valence-electron chi connectivity index (χ1n) is 9.05. The molecule has 6 nitrogen and oxygen atoms in total. The molecule has 2 fully saturated rings. The zero-order valence-corrected chi connectivity index (χ0v) is 15.6. The van der Waals surface area contributed by atoms with Gasteiger partial charge in [0.25, 0.3) is 0 Å². The number of nitrogens with one attached hydrogen (secondary N) is 1. The maximum atomic E-state index is 14.6. The number of amides is 1. The van der Waals surface area contributed by atoms with Crippen LogP contribution in [0.25, 0.3) is 0 Å². The quantitative estimate of drug-likeness (QED) is 0.890. The van der Waals surface area contributed by atoms with E-state index in [4.69, 9.17) is 14.2 Å². The van der Waals surface area contributed by atoms with Gasteiger partial charge in [0, 0.05) is 32.5 Å². The highest BCUT2D eigenvalue weighted by Crippen LogP contribution is 2.34. The van der Waals surface area contributed by atoms with Crippen LogP contribution in [-0.2, 0) is 20.8 Å². The van der Waals surface area contributed by atoms with Crippen molar-refractivity contribution < 1.29 is 23.4 Å². The van der Waals surface area contributed by atoms with Crippen LogP contribution in [0.5, 0.6) is 0 Å². The third kappa shape index (κ3) is 4.65. The minimum atomic E-state index is -0.558. The van der Waals surface area contributed by atoms with Crippen LogP contribution in [0.3, 0.4) is 0 Å². The van der Waals surface area contributed by atoms with Gasteiger partial charge in [-0.05, 0) is 38.5 Å². The molecule has 2 saturated heterocycles. The Morgan fingerprint density at radius 2 is 1.92 bits per heavy atom. The molecular formula is C19H27FN2O4. The van der Waals surface area contributed by atoms with Crippen LogP contribution in [0.4, 0.5) is 14.9 Å². The number of nitrogens with zero attached hydrogens (tertiary/aromatic N) is 1. The second-order valence-corrected chi connectivity index (χ2v) is 7.74. The molecule has 1 spiro atoms. The molecule has 1 aromatic rings. The number of ether oxygens (including phenoxy) is 3. The fourth-order valence-corrected chi connectivity index (χ4v) is 3.28. The number of carbonyl (C=O) groups excluding carboxylic acids is 1. The normalized spacial score (nSPS) is 19.6. The second-order valence-electron chi connectivity index (χ2n) is 7.74. The summed E-state index contributed by atoms with van der Waals surface area (Å²) in [4.78, 5) is 13.7. The van der Waals surface area contributed by atoms with E-state index < -0.39 is 17.5 Å². The van der Waals surface area contributed by atoms with Crippen molar-refractivity contribution in [1.29, 1.82) is 0 Å². The topological polar surface area (TPSA) is 60.0 Å². The Morgan fingerprint density at radius 3 is 2.50 bits per heavy atom. The van der Waals surface area contributed by atoms with E-state index >= 15 is 0 Å². The first kappa shape index (κ1) is 18.9. The Bertz CT molecular complexity index is 643. The molecule has 3 rings (SSSR count). The standard InChI is InChI=1S/C19H27FN2O4/c1-18(2,3)26-17(23)21-13-14-4-5-16(15(20)12-14)22-8-6-19(7-9-22)24-10-11-25-19/h4-5,12H,6-11,13H2,1-3H3,(H,21,23). The van der Waals surface area contributed by atoms with Crippen LogP contribution >= 0.6 is 0 Å². The van der Waals surface area contributed by atoms with E-state index in [0.29, 0.717) is 37.6 Å². The van der Waals surface area contributed by atoms with Crippen molar-refractivity contribution in [2.45, 2.75) is 51.5 Å². The van der Waals surface area contributed by atoms with Crippen LogP contribution in [0.1, 0.15) is 39.2 Å². The lowest BCUT2D eigenvalue weighted by molar-refractivity contribution is -0.169. The van der Waals surface area contributed by atoms with Crippen LogP contribution in [0.15, 0.2) is 18.2 Å². The van der Waals surface area contributed by atoms with Gasteiger partial charge in [-0.15, -0.1) is 0 Å². The highest BCUT2D eigenvalue weighted by Gasteiger charge is 2.40. The minimum Gasteiger partial charge on any atom is -0.444 e. The van der Waals surface area contributed by atoms with Crippen molar-refractivity contribution in [3.05, 3.63) is 29.6 Å². The van der Waals surface area contributed by atoms with E-state index in [-0.39, 0.29) is 12.4 Å². The van der Waals surface area contributed by atoms with E-state index in [1.54, 1.807) is 26.8 Å². The minimum absolute atomic E-state index is 0.219. The number of anilines is 1. The number of alkyl carbamates (subject to hydrolysis) is 1. The fraction of sp³-hybridized carbons (Fsp3) is 0.632. The summed E-state index contributed by atoms with van der Waals surface area (Å²) in [5.41, 5.74) is 0.698. The first-order valence-corrected chi connectivity index (χ1v) is 9.05. The van der Waals surface area contributed by atoms with Gasteiger partial charge < -0.3 is 24.4 Å². The predicted octanol–water partition coefficient (Wildman–Crippen LogP) is 3.19. The zero-order valence-electron chi connectivity index (χ0n) is 15.6. The molecule has 144 valence electrons. The second kappa shape index (κ2) is 7.40. The summed E-state index contributed by atoms with van der Waals surface area (Å²) in [6, 6.07) is 5.04. The Labute approximate surface area is 153 Å². The van der Waals surface area contributed by atoms with Gasteiger partial charge in [0.05, 0.1) is 18.9 Å². The molecule has 2 heterocycles. The Balaban J connectivity index is 1.55. The summed E-state index contributed by atoms with van der Waals surface area (Å²) < 4.78 is 31.1. The van der Waals surface area contributed by atoms with Gasteiger partial charge in [-0.1, -0.05) is 6.07 Å². The molecule has 2 aliphatic rings. The zero-order chi connectivity index (χ0) is 18.8. The van der Waals surface area contributed by atoms with Gasteiger partial charge in [0.1, 0.15) is 11.4 Å². The maximum absolute atomic E-state index is 14.6. The molecule has 0 aromatic heterocycles. The van der Waals surface area contributed by atoms with Crippen molar-refractivity contribution in [3.8, 4) is 0 Å². The summed E-state index contributed by atoms with van der Waals surface area (Å²) in [6.07, 6.45) is 0.947. The molecule has 0 unspecified atom stereocenters. The van der Waals surface area contributed by atoms with E-state index in [1.807, 2.05) is 11.0 Å². The molecule has 0 aliphatic carbocycles. The highest BCUT2D eigenvalue weighted by atomic mass is 19.1. The Hall–Kier alpha value is -1.86. The van der Waals surface area contributed by atoms with E-state index in [0.717, 1.165) is 12.8 Å². The number of carbonyl (C=O) groups is 1. The molecular weight excluding hydrogens is 339 g/mol. The molecule has 7 heteroatoms. The summed E-state index contributed by atoms with van der Waals surface area (Å²) in [5, 5.41) is 2.64. The van der Waals surface area contributed by atoms with E-state index in [9.17, 15) is 9.18 Å². The maximum Gasteiger partial charge on any atom is 0.407 e. The average molecular weight is 366 g/mol. The molecule has 0 saturated carbocycles. The van der Waals surface area contributed by atoms with Gasteiger partial charge in [0.15, 0.2) is 5.79 Å². The van der Waals surface area contributed by atoms with Crippen molar-refractivity contribution in [1.82, 2.24) is 5.32 Å². The van der Waals surface area contributed by atoms with Crippen LogP contribution in [0, 0.1) is 5.82 Å². The molecule has 0 atom stereocenters. The Kier molecular flexibility index (Phi) is 5.39. The summed E-state index contributed by atoms with van der Waals surface area (Å²) in [7, 11) is 0. The smallest absolute Gasteiger partial charge is 0.407 e. The monoisotopic (exact) mass is 366 g/mol. The number of piperidine rings is 1. The van der Waals surface area contributed by atoms with Gasteiger partial charge >= 0.3 is 6.09 Å². The lowest BCUT2D eigenvalue weighted by atomic mass is 10.0. The molecule has 26 heavy (non-hydrogen) atoms. The predicted molar refractivity (Wildman–Crippen MR) is 95.6 cm³/mol. The third-order valence-corrected chi connectivity index (χ3v) is 4.53. The van der Waals surface area contributed by atoms with Crippen molar-refractivity contribution in [2.24, 2.45) is 0 Å². The van der Waals surface area contributed by atoms with Crippen LogP contribution in [-0.4, -0.2) is 43.8 Å². The largest absolute Gasteiger partial charge is 0.444 e. The molecule has 1 amide bonds. The summed E-state index contributed by atoms with van der Waals surface area (Å²) in [5.74, 6) is -0.762. The van der Waals surface area contributed by atoms with Crippen molar-refractivity contribution >= 4 is 11.8 Å².